The molecular formula is C19H14ClN3O3S. The Kier molecular flexibility index (Phi) is 4.41. The van der Waals surface area contributed by atoms with Crippen molar-refractivity contribution in [2.75, 3.05) is 0 Å². The normalized spacial score (nSPS) is 13.2. The lowest BCUT2D eigenvalue weighted by Gasteiger charge is -2.16. The molecule has 0 unspecified atom stereocenters. The number of carbonyl (C=O) groups is 1. The highest BCUT2D eigenvalue weighted by Gasteiger charge is 2.21. The van der Waals surface area contributed by atoms with E-state index in [0.717, 1.165) is 30.2 Å². The maximum Gasteiger partial charge on any atom is 0.288 e. The van der Waals surface area contributed by atoms with Gasteiger partial charge in [-0.05, 0) is 30.5 Å². The topological polar surface area (TPSA) is 77.5 Å². The van der Waals surface area contributed by atoms with Crippen molar-refractivity contribution < 1.29 is 9.72 Å². The van der Waals surface area contributed by atoms with Crippen LogP contribution in [0.1, 0.15) is 20.8 Å². The van der Waals surface area contributed by atoms with Gasteiger partial charge in [-0.15, -0.1) is 11.3 Å². The molecule has 0 atom stereocenters. The van der Waals surface area contributed by atoms with Crippen LogP contribution in [-0.4, -0.2) is 15.4 Å². The molecule has 0 radical (unpaired) electrons. The summed E-state index contributed by atoms with van der Waals surface area (Å²) in [5.41, 5.74) is 3.35. The number of nitrogens with zero attached hydrogens (tertiary/aromatic N) is 3. The van der Waals surface area contributed by atoms with Gasteiger partial charge in [-0.1, -0.05) is 35.9 Å². The van der Waals surface area contributed by atoms with Crippen molar-refractivity contribution in [3.63, 3.8) is 0 Å². The molecule has 1 aliphatic rings. The zero-order valence-electron chi connectivity index (χ0n) is 14.3. The van der Waals surface area contributed by atoms with Gasteiger partial charge >= 0.3 is 0 Å². The Bertz CT molecular complexity index is 1160. The van der Waals surface area contributed by atoms with Gasteiger partial charge in [0.15, 0.2) is 4.80 Å². The van der Waals surface area contributed by atoms with E-state index in [9.17, 15) is 14.9 Å². The minimum atomic E-state index is -0.611. The highest BCUT2D eigenvalue weighted by atomic mass is 35.5. The maximum absolute atomic E-state index is 12.6. The Morgan fingerprint density at radius 2 is 2.04 bits per heavy atom. The second-order valence-corrected chi connectivity index (χ2v) is 7.68. The molecule has 0 fully saturated rings. The maximum atomic E-state index is 12.6. The number of hydrogen-bond donors (Lipinski definition) is 0. The highest BCUT2D eigenvalue weighted by Crippen LogP contribution is 2.34. The van der Waals surface area contributed by atoms with Crippen LogP contribution in [0.4, 0.5) is 5.69 Å². The number of aromatic nitrogens is 1. The largest absolute Gasteiger partial charge is 0.319 e. The minimum Gasteiger partial charge on any atom is -0.319 e. The Morgan fingerprint density at radius 1 is 1.26 bits per heavy atom. The molecule has 136 valence electrons. The molecule has 27 heavy (non-hydrogen) atoms. The van der Waals surface area contributed by atoms with Crippen molar-refractivity contribution in [3.05, 3.63) is 78.4 Å². The van der Waals surface area contributed by atoms with E-state index in [1.165, 1.54) is 33.9 Å². The van der Waals surface area contributed by atoms with Gasteiger partial charge in [-0.2, -0.15) is 4.99 Å². The van der Waals surface area contributed by atoms with E-state index < -0.39 is 10.8 Å². The molecule has 0 bridgehead atoms. The molecule has 4 rings (SSSR count). The molecule has 3 aromatic rings. The molecule has 0 spiro atoms. The number of nitro benzene ring substituents is 1. The van der Waals surface area contributed by atoms with E-state index in [0.29, 0.717) is 4.80 Å². The molecule has 2 aromatic carbocycles. The molecule has 1 heterocycles. The predicted molar refractivity (Wildman–Crippen MR) is 104 cm³/mol. The number of halogens is 1. The summed E-state index contributed by atoms with van der Waals surface area (Å²) in [6.45, 7) is 0. The molecule has 1 aliphatic carbocycles. The molecule has 0 N–H and O–H groups in total. The van der Waals surface area contributed by atoms with Crippen molar-refractivity contribution in [1.29, 1.82) is 0 Å². The number of amides is 1. The summed E-state index contributed by atoms with van der Waals surface area (Å²) >= 11 is 7.29. The average Bonchev–Trinajstić information content (AvgIpc) is 2.98. The number of carbonyl (C=O) groups excluding carboxylic acids is 1. The minimum absolute atomic E-state index is 0.00898. The molecule has 0 saturated heterocycles. The van der Waals surface area contributed by atoms with E-state index in [-0.39, 0.29) is 16.3 Å². The number of thiazole rings is 1. The third-order valence-electron chi connectivity index (χ3n) is 4.58. The third-order valence-corrected chi connectivity index (χ3v) is 6.09. The number of aryl methyl sites for hydroxylation is 2. The highest BCUT2D eigenvalue weighted by molar-refractivity contribution is 7.09. The first-order chi connectivity index (χ1) is 13.0. The van der Waals surface area contributed by atoms with E-state index in [1.54, 1.807) is 0 Å². The van der Waals surface area contributed by atoms with Crippen molar-refractivity contribution >= 4 is 34.5 Å². The lowest BCUT2D eigenvalue weighted by atomic mass is 9.93. The van der Waals surface area contributed by atoms with E-state index in [2.05, 4.69) is 17.1 Å². The van der Waals surface area contributed by atoms with Crippen molar-refractivity contribution in [2.45, 2.75) is 12.8 Å². The molecule has 0 aliphatic heterocycles. The number of fused-ring (bicyclic) bond motifs is 3. The second-order valence-electron chi connectivity index (χ2n) is 6.21. The van der Waals surface area contributed by atoms with Crippen LogP contribution in [0.2, 0.25) is 5.02 Å². The Labute approximate surface area is 163 Å². The molecular weight excluding hydrogens is 386 g/mol. The summed E-state index contributed by atoms with van der Waals surface area (Å²) in [5, 5.41) is 11.0. The first kappa shape index (κ1) is 17.6. The number of benzene rings is 2. The van der Waals surface area contributed by atoms with Crippen molar-refractivity contribution in [1.82, 2.24) is 4.57 Å². The van der Waals surface area contributed by atoms with Crippen LogP contribution < -0.4 is 4.80 Å². The number of nitro groups is 1. The van der Waals surface area contributed by atoms with Gasteiger partial charge < -0.3 is 4.57 Å². The summed E-state index contributed by atoms with van der Waals surface area (Å²) in [7, 11) is 1.88. The fourth-order valence-corrected chi connectivity index (χ4v) is 4.57. The average molecular weight is 400 g/mol. The Balaban J connectivity index is 1.79. The molecule has 6 nitrogen and oxygen atoms in total. The summed E-state index contributed by atoms with van der Waals surface area (Å²) in [6.07, 6.45) is 1.86. The Hall–Kier alpha value is -2.77. The van der Waals surface area contributed by atoms with Gasteiger partial charge in [-0.25, -0.2) is 0 Å². The molecule has 0 saturated carbocycles. The van der Waals surface area contributed by atoms with Crippen LogP contribution in [0.5, 0.6) is 0 Å². The molecule has 1 amide bonds. The monoisotopic (exact) mass is 399 g/mol. The van der Waals surface area contributed by atoms with Gasteiger partial charge in [0.1, 0.15) is 5.02 Å². The van der Waals surface area contributed by atoms with E-state index in [4.69, 9.17) is 11.6 Å². The molecule has 8 heteroatoms. The van der Waals surface area contributed by atoms with Crippen LogP contribution in [-0.2, 0) is 19.9 Å². The third kappa shape index (κ3) is 3.09. The second kappa shape index (κ2) is 6.75. The van der Waals surface area contributed by atoms with Crippen LogP contribution in [0.25, 0.3) is 11.3 Å². The van der Waals surface area contributed by atoms with Crippen LogP contribution in [0.3, 0.4) is 0 Å². The van der Waals surface area contributed by atoms with Gasteiger partial charge in [-0.3, -0.25) is 14.9 Å². The van der Waals surface area contributed by atoms with Crippen LogP contribution in [0, 0.1) is 10.1 Å². The van der Waals surface area contributed by atoms with E-state index >= 15 is 0 Å². The molecule has 1 aromatic heterocycles. The van der Waals surface area contributed by atoms with Crippen LogP contribution >= 0.6 is 22.9 Å². The van der Waals surface area contributed by atoms with Gasteiger partial charge in [0, 0.05) is 29.1 Å². The smallest absolute Gasteiger partial charge is 0.288 e. The summed E-state index contributed by atoms with van der Waals surface area (Å²) in [6, 6.07) is 12.2. The van der Waals surface area contributed by atoms with Gasteiger partial charge in [0.05, 0.1) is 10.6 Å². The zero-order valence-corrected chi connectivity index (χ0v) is 15.9. The first-order valence-corrected chi connectivity index (χ1v) is 9.45. The summed E-state index contributed by atoms with van der Waals surface area (Å²) in [4.78, 5) is 29.0. The number of hydrogen-bond acceptors (Lipinski definition) is 4. The predicted octanol–water partition coefficient (Wildman–Crippen LogP) is 4.15. The summed E-state index contributed by atoms with van der Waals surface area (Å²) < 4.78 is 1.92. The van der Waals surface area contributed by atoms with Crippen molar-refractivity contribution in [3.8, 4) is 11.3 Å². The van der Waals surface area contributed by atoms with E-state index in [1.807, 2.05) is 23.7 Å². The first-order valence-electron chi connectivity index (χ1n) is 8.25. The van der Waals surface area contributed by atoms with Gasteiger partial charge in [0.2, 0.25) is 0 Å². The van der Waals surface area contributed by atoms with Crippen molar-refractivity contribution in [2.24, 2.45) is 12.0 Å². The zero-order chi connectivity index (χ0) is 19.1. The fourth-order valence-electron chi connectivity index (χ4n) is 3.26. The quantitative estimate of drug-likeness (QED) is 0.479. The lowest BCUT2D eigenvalue weighted by Crippen LogP contribution is -2.15. The number of rotatable bonds is 2. The van der Waals surface area contributed by atoms with Crippen LogP contribution in [0.15, 0.2) is 47.5 Å². The Morgan fingerprint density at radius 3 is 2.81 bits per heavy atom. The van der Waals surface area contributed by atoms with Gasteiger partial charge in [0.25, 0.3) is 11.6 Å². The summed E-state index contributed by atoms with van der Waals surface area (Å²) in [5.74, 6) is -0.530. The standard InChI is InChI=1S/C19H14ClN3O3S/c1-22-17-13-5-3-2-4-11(13)7-9-16(17)27-19(22)21-18(24)12-6-8-14(20)15(10-12)23(25)26/h2-6,8,10H,7,9H2,1H3. The fraction of sp³-hybridized carbons (Fsp3) is 0.158. The lowest BCUT2D eigenvalue weighted by molar-refractivity contribution is -0.384. The SMILES string of the molecule is Cn1c2c(sc1=NC(=O)c1ccc(Cl)c([N+](=O)[O-])c1)CCc1ccccc1-2.